The van der Waals surface area contributed by atoms with Crippen molar-refractivity contribution in [2.75, 3.05) is 6.54 Å². The summed E-state index contributed by atoms with van der Waals surface area (Å²) < 4.78 is 0. The minimum Gasteiger partial charge on any atom is -0.321 e. The second-order valence-corrected chi connectivity index (χ2v) is 6.49. The number of hydrogen-bond donors (Lipinski definition) is 1. The molecule has 1 saturated carbocycles. The van der Waals surface area contributed by atoms with Gasteiger partial charge in [-0.2, -0.15) is 0 Å². The van der Waals surface area contributed by atoms with Gasteiger partial charge in [0.05, 0.1) is 5.54 Å². The topological polar surface area (TPSA) is 32.3 Å². The van der Waals surface area contributed by atoms with E-state index in [9.17, 15) is 4.79 Å². The first-order valence-corrected chi connectivity index (χ1v) is 7.69. The summed E-state index contributed by atoms with van der Waals surface area (Å²) in [4.78, 5) is 14.9. The van der Waals surface area contributed by atoms with Gasteiger partial charge in [-0.15, -0.1) is 0 Å². The van der Waals surface area contributed by atoms with Crippen LogP contribution in [0, 0.1) is 12.8 Å². The number of benzene rings is 1. The van der Waals surface area contributed by atoms with Crippen LogP contribution in [0.3, 0.4) is 0 Å². The van der Waals surface area contributed by atoms with E-state index in [1.165, 1.54) is 24.0 Å². The van der Waals surface area contributed by atoms with Crippen LogP contribution < -0.4 is 5.32 Å². The minimum absolute atomic E-state index is 0.0363. The highest BCUT2D eigenvalue weighted by atomic mass is 16.2. The van der Waals surface area contributed by atoms with Gasteiger partial charge in [0, 0.05) is 6.54 Å². The maximum Gasteiger partial charge on any atom is 0.244 e. The van der Waals surface area contributed by atoms with Crippen LogP contribution in [0.5, 0.6) is 0 Å². The molecule has 1 N–H and O–H groups in total. The van der Waals surface area contributed by atoms with E-state index >= 15 is 0 Å². The molecular weight excluding hydrogens is 248 g/mol. The Balaban J connectivity index is 1.94. The number of carbonyl (C=O) groups excluding carboxylic acids is 1. The van der Waals surface area contributed by atoms with Crippen LogP contribution in [-0.4, -0.2) is 22.9 Å². The van der Waals surface area contributed by atoms with E-state index in [4.69, 9.17) is 0 Å². The van der Waals surface area contributed by atoms with Gasteiger partial charge < -0.3 is 4.90 Å². The van der Waals surface area contributed by atoms with Crippen molar-refractivity contribution in [2.24, 2.45) is 5.92 Å². The summed E-state index contributed by atoms with van der Waals surface area (Å²) in [5, 5.41) is 3.58. The zero-order chi connectivity index (χ0) is 14.3. The third kappa shape index (κ3) is 2.24. The number of nitrogens with one attached hydrogen (secondary N) is 1. The zero-order valence-corrected chi connectivity index (χ0v) is 12.6. The van der Waals surface area contributed by atoms with Gasteiger partial charge in [-0.1, -0.05) is 31.2 Å². The average Bonchev–Trinajstić information content (AvgIpc) is 3.22. The Bertz CT molecular complexity index is 523. The molecule has 20 heavy (non-hydrogen) atoms. The number of rotatable bonds is 4. The molecule has 2 atom stereocenters. The van der Waals surface area contributed by atoms with Gasteiger partial charge in [0.1, 0.15) is 6.17 Å². The van der Waals surface area contributed by atoms with Crippen molar-refractivity contribution in [1.29, 1.82) is 0 Å². The smallest absolute Gasteiger partial charge is 0.244 e. The van der Waals surface area contributed by atoms with Crippen molar-refractivity contribution in [1.82, 2.24) is 10.2 Å². The maximum absolute atomic E-state index is 12.8. The largest absolute Gasteiger partial charge is 0.321 e. The first kappa shape index (κ1) is 13.6. The van der Waals surface area contributed by atoms with Crippen LogP contribution in [0.2, 0.25) is 0 Å². The predicted octanol–water partition coefficient (Wildman–Crippen LogP) is 3.00. The summed E-state index contributed by atoms with van der Waals surface area (Å²) >= 11 is 0. The van der Waals surface area contributed by atoms with Gasteiger partial charge in [-0.25, -0.2) is 0 Å². The van der Waals surface area contributed by atoms with Crippen molar-refractivity contribution in [2.45, 2.75) is 51.7 Å². The number of carbonyl (C=O) groups is 1. The highest BCUT2D eigenvalue weighted by Crippen LogP contribution is 2.38. The van der Waals surface area contributed by atoms with E-state index in [0.29, 0.717) is 5.92 Å². The molecule has 2 fully saturated rings. The van der Waals surface area contributed by atoms with Crippen molar-refractivity contribution in [3.05, 3.63) is 35.4 Å². The Hall–Kier alpha value is -1.35. The van der Waals surface area contributed by atoms with Crippen molar-refractivity contribution < 1.29 is 4.79 Å². The van der Waals surface area contributed by atoms with Crippen LogP contribution in [-0.2, 0) is 4.79 Å². The summed E-state index contributed by atoms with van der Waals surface area (Å²) in [5.41, 5.74) is 2.07. The van der Waals surface area contributed by atoms with Crippen LogP contribution in [0.15, 0.2) is 24.3 Å². The molecule has 1 saturated heterocycles. The normalized spacial score (nSPS) is 30.1. The van der Waals surface area contributed by atoms with Crippen molar-refractivity contribution >= 4 is 5.91 Å². The lowest BCUT2D eigenvalue weighted by Crippen LogP contribution is -2.43. The number of aryl methyl sites for hydroxylation is 1. The molecule has 1 heterocycles. The van der Waals surface area contributed by atoms with Gasteiger partial charge in [0.25, 0.3) is 0 Å². The highest BCUT2D eigenvalue weighted by Gasteiger charge is 2.48. The maximum atomic E-state index is 12.8. The Kier molecular flexibility index (Phi) is 3.33. The van der Waals surface area contributed by atoms with Crippen LogP contribution in [0.25, 0.3) is 0 Å². The summed E-state index contributed by atoms with van der Waals surface area (Å²) in [6.07, 6.45) is 3.41. The van der Waals surface area contributed by atoms with E-state index in [1.54, 1.807) is 0 Å². The molecule has 0 radical (unpaired) electrons. The zero-order valence-electron chi connectivity index (χ0n) is 12.6. The molecule has 2 unspecified atom stereocenters. The molecule has 1 aromatic rings. The van der Waals surface area contributed by atoms with Gasteiger partial charge >= 0.3 is 0 Å². The molecule has 3 rings (SSSR count). The minimum atomic E-state index is -0.415. The van der Waals surface area contributed by atoms with Gasteiger partial charge in [0.15, 0.2) is 0 Å². The number of nitrogens with zero attached hydrogens (tertiary/aromatic N) is 1. The van der Waals surface area contributed by atoms with E-state index < -0.39 is 5.54 Å². The third-order valence-electron chi connectivity index (χ3n) is 4.84. The molecule has 0 bridgehead atoms. The molecule has 3 nitrogen and oxygen atoms in total. The van der Waals surface area contributed by atoms with E-state index in [2.05, 4.69) is 48.3 Å². The highest BCUT2D eigenvalue weighted by molar-refractivity contribution is 5.88. The van der Waals surface area contributed by atoms with Gasteiger partial charge in [-0.3, -0.25) is 10.1 Å². The van der Waals surface area contributed by atoms with E-state index in [1.807, 2.05) is 6.92 Å². The number of hydrogen-bond acceptors (Lipinski definition) is 2. The van der Waals surface area contributed by atoms with E-state index in [0.717, 1.165) is 13.0 Å². The lowest BCUT2D eigenvalue weighted by Gasteiger charge is -2.25. The third-order valence-corrected chi connectivity index (χ3v) is 4.84. The van der Waals surface area contributed by atoms with Crippen LogP contribution in [0.1, 0.15) is 50.4 Å². The molecule has 3 heteroatoms. The number of amides is 1. The molecule has 2 aliphatic rings. The molecular formula is C17H24N2O. The van der Waals surface area contributed by atoms with Crippen molar-refractivity contribution in [3.63, 3.8) is 0 Å². The van der Waals surface area contributed by atoms with Crippen LogP contribution >= 0.6 is 0 Å². The summed E-state index contributed by atoms with van der Waals surface area (Å²) in [6.45, 7) is 7.15. The average molecular weight is 272 g/mol. The quantitative estimate of drug-likeness (QED) is 0.914. The fourth-order valence-electron chi connectivity index (χ4n) is 3.04. The Labute approximate surface area is 121 Å². The van der Waals surface area contributed by atoms with Gasteiger partial charge in [-0.05, 0) is 50.2 Å². The standard InChI is InChI=1S/C17H24N2O/c1-4-17(3)16(20)19(11-13-9-10-13)15(18-17)14-8-6-5-7-12(14)2/h5-8,13,15,18H,4,9-11H2,1-3H3. The second-order valence-electron chi connectivity index (χ2n) is 6.49. The predicted molar refractivity (Wildman–Crippen MR) is 80.2 cm³/mol. The Morgan fingerprint density at radius 3 is 2.65 bits per heavy atom. The first-order valence-electron chi connectivity index (χ1n) is 7.69. The molecule has 1 aliphatic heterocycles. The Morgan fingerprint density at radius 2 is 2.05 bits per heavy atom. The Morgan fingerprint density at radius 1 is 1.35 bits per heavy atom. The summed E-state index contributed by atoms with van der Waals surface area (Å²) in [7, 11) is 0. The molecule has 1 aromatic carbocycles. The molecule has 0 spiro atoms. The first-order chi connectivity index (χ1) is 9.55. The SMILES string of the molecule is CCC1(C)NC(c2ccccc2C)N(CC2CC2)C1=O. The fraction of sp³-hybridized carbons (Fsp3) is 0.588. The summed E-state index contributed by atoms with van der Waals surface area (Å²) in [5.74, 6) is 0.978. The molecule has 0 aromatic heterocycles. The van der Waals surface area contributed by atoms with E-state index in [-0.39, 0.29) is 12.1 Å². The molecule has 108 valence electrons. The lowest BCUT2D eigenvalue weighted by molar-refractivity contribution is -0.133. The molecule has 1 amide bonds. The van der Waals surface area contributed by atoms with Crippen LogP contribution in [0.4, 0.5) is 0 Å². The summed E-state index contributed by atoms with van der Waals surface area (Å²) in [6, 6.07) is 8.38. The second kappa shape index (κ2) is 4.88. The monoisotopic (exact) mass is 272 g/mol. The lowest BCUT2D eigenvalue weighted by atomic mass is 9.99. The molecule has 1 aliphatic carbocycles. The fourth-order valence-corrected chi connectivity index (χ4v) is 3.04. The van der Waals surface area contributed by atoms with Crippen molar-refractivity contribution in [3.8, 4) is 0 Å². The van der Waals surface area contributed by atoms with Gasteiger partial charge in [0.2, 0.25) is 5.91 Å².